The molecular formula is C15H25N3O2. The van der Waals surface area contributed by atoms with Crippen molar-refractivity contribution in [3.05, 3.63) is 23.0 Å². The number of anilines is 1. The maximum atomic E-state index is 11.4. The van der Waals surface area contributed by atoms with Gasteiger partial charge >= 0.3 is 5.97 Å². The van der Waals surface area contributed by atoms with E-state index in [9.17, 15) is 9.90 Å². The first-order valence-corrected chi connectivity index (χ1v) is 6.72. The van der Waals surface area contributed by atoms with E-state index >= 15 is 0 Å². The summed E-state index contributed by atoms with van der Waals surface area (Å²) in [6.45, 7) is 9.53. The van der Waals surface area contributed by atoms with Gasteiger partial charge < -0.3 is 15.3 Å². The summed E-state index contributed by atoms with van der Waals surface area (Å²) < 4.78 is 0. The Morgan fingerprint density at radius 1 is 1.40 bits per heavy atom. The second kappa shape index (κ2) is 6.22. The molecule has 1 heterocycles. The second-order valence-corrected chi connectivity index (χ2v) is 6.33. The number of rotatable bonds is 6. The van der Waals surface area contributed by atoms with E-state index in [2.05, 4.69) is 29.0 Å². The molecule has 0 saturated carbocycles. The summed E-state index contributed by atoms with van der Waals surface area (Å²) in [4.78, 5) is 17.7. The van der Waals surface area contributed by atoms with Gasteiger partial charge in [0.05, 0.1) is 11.4 Å². The summed E-state index contributed by atoms with van der Waals surface area (Å²) in [5.74, 6) is -0.942. The number of pyridine rings is 1. The van der Waals surface area contributed by atoms with Crippen LogP contribution >= 0.6 is 0 Å². The van der Waals surface area contributed by atoms with Crippen LogP contribution in [0.5, 0.6) is 0 Å². The topological polar surface area (TPSA) is 65.5 Å². The molecule has 0 saturated heterocycles. The predicted octanol–water partition coefficient (Wildman–Crippen LogP) is 2.40. The summed E-state index contributed by atoms with van der Waals surface area (Å²) in [5.41, 5.74) is 2.32. The van der Waals surface area contributed by atoms with Crippen molar-refractivity contribution >= 4 is 11.7 Å². The summed E-state index contributed by atoms with van der Waals surface area (Å²) in [5, 5.41) is 12.6. The molecule has 20 heavy (non-hydrogen) atoms. The molecule has 5 nitrogen and oxygen atoms in total. The van der Waals surface area contributed by atoms with Crippen LogP contribution in [0.2, 0.25) is 0 Å². The Bertz CT molecular complexity index is 496. The fourth-order valence-electron chi connectivity index (χ4n) is 2.48. The highest BCUT2D eigenvalue weighted by Gasteiger charge is 2.21. The lowest BCUT2D eigenvalue weighted by Gasteiger charge is -2.29. The predicted molar refractivity (Wildman–Crippen MR) is 81.5 cm³/mol. The standard InChI is InChI=1S/C15H25N3O2/c1-10-7-12(13(14(19)20)11(2)17-10)16-8-15(3,4)9-18(5)6/h7H,8-9H2,1-6H3,(H,16,17)(H,19,20). The molecule has 0 amide bonds. The van der Waals surface area contributed by atoms with Crippen molar-refractivity contribution in [2.75, 3.05) is 32.5 Å². The average Bonchev–Trinajstić information content (AvgIpc) is 2.22. The number of aryl methyl sites for hydroxylation is 2. The van der Waals surface area contributed by atoms with Crippen LogP contribution in [-0.2, 0) is 0 Å². The minimum atomic E-state index is -0.942. The summed E-state index contributed by atoms with van der Waals surface area (Å²) in [6.07, 6.45) is 0. The van der Waals surface area contributed by atoms with Crippen molar-refractivity contribution in [3.63, 3.8) is 0 Å². The van der Waals surface area contributed by atoms with Gasteiger partial charge in [0.1, 0.15) is 5.56 Å². The van der Waals surface area contributed by atoms with Gasteiger partial charge in [0.25, 0.3) is 0 Å². The number of carbonyl (C=O) groups is 1. The zero-order valence-corrected chi connectivity index (χ0v) is 13.2. The van der Waals surface area contributed by atoms with Crippen molar-refractivity contribution in [2.24, 2.45) is 5.41 Å². The van der Waals surface area contributed by atoms with E-state index in [0.717, 1.165) is 12.2 Å². The Kier molecular flexibility index (Phi) is 5.11. The van der Waals surface area contributed by atoms with Crippen LogP contribution < -0.4 is 5.32 Å². The van der Waals surface area contributed by atoms with Crippen molar-refractivity contribution < 1.29 is 9.90 Å². The van der Waals surface area contributed by atoms with Gasteiger partial charge in [0.2, 0.25) is 0 Å². The van der Waals surface area contributed by atoms with Crippen LogP contribution in [0.3, 0.4) is 0 Å². The van der Waals surface area contributed by atoms with Gasteiger partial charge in [-0.3, -0.25) is 4.98 Å². The van der Waals surface area contributed by atoms with Crippen molar-refractivity contribution in [2.45, 2.75) is 27.7 Å². The van der Waals surface area contributed by atoms with Gasteiger partial charge in [0, 0.05) is 18.8 Å². The molecule has 0 aliphatic rings. The Labute approximate surface area is 121 Å². The number of hydrogen-bond acceptors (Lipinski definition) is 4. The highest BCUT2D eigenvalue weighted by atomic mass is 16.4. The van der Waals surface area contributed by atoms with Gasteiger partial charge in [-0.2, -0.15) is 0 Å². The zero-order chi connectivity index (χ0) is 15.5. The number of carboxylic acid groups (broad SMARTS) is 1. The molecule has 0 fully saturated rings. The Hall–Kier alpha value is -1.62. The summed E-state index contributed by atoms with van der Waals surface area (Å²) in [7, 11) is 4.07. The number of carboxylic acids is 1. The van der Waals surface area contributed by atoms with Crippen molar-refractivity contribution in [1.29, 1.82) is 0 Å². The molecule has 2 N–H and O–H groups in total. The molecule has 0 atom stereocenters. The molecule has 112 valence electrons. The largest absolute Gasteiger partial charge is 0.478 e. The summed E-state index contributed by atoms with van der Waals surface area (Å²) >= 11 is 0. The molecule has 5 heteroatoms. The van der Waals surface area contributed by atoms with E-state index in [1.54, 1.807) is 13.0 Å². The van der Waals surface area contributed by atoms with Crippen molar-refractivity contribution in [3.8, 4) is 0 Å². The zero-order valence-electron chi connectivity index (χ0n) is 13.2. The van der Waals surface area contributed by atoms with E-state index in [-0.39, 0.29) is 11.0 Å². The molecule has 0 unspecified atom stereocenters. The molecule has 0 spiro atoms. The fourth-order valence-corrected chi connectivity index (χ4v) is 2.48. The highest BCUT2D eigenvalue weighted by molar-refractivity contribution is 5.95. The van der Waals surface area contributed by atoms with Gasteiger partial charge in [-0.25, -0.2) is 4.79 Å². The third-order valence-electron chi connectivity index (χ3n) is 3.04. The van der Waals surface area contributed by atoms with Crippen molar-refractivity contribution in [1.82, 2.24) is 9.88 Å². The van der Waals surface area contributed by atoms with Crippen LogP contribution in [0.15, 0.2) is 6.07 Å². The maximum Gasteiger partial charge on any atom is 0.339 e. The quantitative estimate of drug-likeness (QED) is 0.837. The van der Waals surface area contributed by atoms with Crippen LogP contribution in [-0.4, -0.2) is 48.1 Å². The normalized spacial score (nSPS) is 11.8. The van der Waals surface area contributed by atoms with E-state index in [0.29, 0.717) is 17.9 Å². The molecule has 1 rings (SSSR count). The molecule has 1 aromatic rings. The lowest BCUT2D eigenvalue weighted by Crippen LogP contribution is -2.34. The first-order valence-electron chi connectivity index (χ1n) is 6.72. The Morgan fingerprint density at radius 3 is 2.50 bits per heavy atom. The molecule has 0 aliphatic carbocycles. The smallest absolute Gasteiger partial charge is 0.339 e. The number of nitrogens with zero attached hydrogens (tertiary/aromatic N) is 2. The Balaban J connectivity index is 2.95. The lowest BCUT2D eigenvalue weighted by molar-refractivity contribution is 0.0696. The minimum Gasteiger partial charge on any atom is -0.478 e. The number of aromatic carboxylic acids is 1. The van der Waals surface area contributed by atoms with Gasteiger partial charge in [-0.1, -0.05) is 13.8 Å². The SMILES string of the molecule is Cc1cc(NCC(C)(C)CN(C)C)c(C(=O)O)c(C)n1. The van der Waals surface area contributed by atoms with Crippen LogP contribution in [0.25, 0.3) is 0 Å². The van der Waals surface area contributed by atoms with Gasteiger partial charge in [-0.15, -0.1) is 0 Å². The van der Waals surface area contributed by atoms with Crippen LogP contribution in [0.1, 0.15) is 35.6 Å². The molecular weight excluding hydrogens is 254 g/mol. The Morgan fingerprint density at radius 2 is 2.00 bits per heavy atom. The first kappa shape index (κ1) is 16.4. The molecule has 0 bridgehead atoms. The van der Waals surface area contributed by atoms with E-state index in [1.807, 2.05) is 21.0 Å². The summed E-state index contributed by atoms with van der Waals surface area (Å²) in [6, 6.07) is 1.79. The fraction of sp³-hybridized carbons (Fsp3) is 0.600. The third-order valence-corrected chi connectivity index (χ3v) is 3.04. The molecule has 0 aromatic carbocycles. The maximum absolute atomic E-state index is 11.4. The monoisotopic (exact) mass is 279 g/mol. The van der Waals surface area contributed by atoms with E-state index < -0.39 is 5.97 Å². The van der Waals surface area contributed by atoms with E-state index in [4.69, 9.17) is 0 Å². The molecule has 0 aliphatic heterocycles. The third kappa shape index (κ3) is 4.49. The van der Waals surface area contributed by atoms with E-state index in [1.165, 1.54) is 0 Å². The van der Waals surface area contributed by atoms with Gasteiger partial charge in [-0.05, 0) is 39.4 Å². The van der Waals surface area contributed by atoms with Gasteiger partial charge in [0.15, 0.2) is 0 Å². The average molecular weight is 279 g/mol. The van der Waals surface area contributed by atoms with Crippen LogP contribution in [0, 0.1) is 19.3 Å². The molecule has 1 aromatic heterocycles. The number of nitrogens with one attached hydrogen (secondary N) is 1. The second-order valence-electron chi connectivity index (χ2n) is 6.33. The first-order chi connectivity index (χ1) is 9.12. The minimum absolute atomic E-state index is 0.0460. The number of aromatic nitrogens is 1. The highest BCUT2D eigenvalue weighted by Crippen LogP contribution is 2.23. The van der Waals surface area contributed by atoms with Crippen LogP contribution in [0.4, 0.5) is 5.69 Å². The lowest BCUT2D eigenvalue weighted by atomic mass is 9.92. The number of hydrogen-bond donors (Lipinski definition) is 2. The molecule has 0 radical (unpaired) electrons.